The van der Waals surface area contributed by atoms with Gasteiger partial charge in [-0.1, -0.05) is 24.3 Å². The Bertz CT molecular complexity index is 662. The number of nitrogens with one attached hydrogen (secondary N) is 2. The lowest BCUT2D eigenvalue weighted by Gasteiger charge is -2.19. The summed E-state index contributed by atoms with van der Waals surface area (Å²) < 4.78 is 23.7. The van der Waals surface area contributed by atoms with Crippen LogP contribution in [0.2, 0.25) is 0 Å². The van der Waals surface area contributed by atoms with E-state index in [-0.39, 0.29) is 6.03 Å². The highest BCUT2D eigenvalue weighted by molar-refractivity contribution is 7.88. The van der Waals surface area contributed by atoms with E-state index in [1.54, 1.807) is 0 Å². The second kappa shape index (κ2) is 7.29. The topological polar surface area (TPSA) is 98.7 Å². The van der Waals surface area contributed by atoms with Crippen LogP contribution in [0, 0.1) is 0 Å². The molecule has 128 valence electrons. The van der Waals surface area contributed by atoms with Gasteiger partial charge in [-0.05, 0) is 17.5 Å². The molecule has 1 aromatic carbocycles. The average molecular weight is 341 g/mol. The smallest absolute Gasteiger partial charge is 0.315 e. The number of rotatable bonds is 6. The molecule has 1 aliphatic rings. The molecule has 1 aliphatic carbocycles. The third-order valence-corrected chi connectivity index (χ3v) is 5.31. The standard InChI is InChI=1S/C15H23N3O4S/c1-18(23(2,21)22)9-5-8-16-15(20)17-14-12-7-4-3-6-11(12)10-13(14)19/h3-4,6-7,13-14,19H,5,8-10H2,1-2H3,(H2,16,17,20)/t13-,14+/m1/s1. The molecule has 0 saturated carbocycles. The Kier molecular flexibility index (Phi) is 5.61. The number of fused-ring (bicyclic) bond motifs is 1. The van der Waals surface area contributed by atoms with Gasteiger partial charge in [0.25, 0.3) is 0 Å². The molecule has 23 heavy (non-hydrogen) atoms. The van der Waals surface area contributed by atoms with Crippen LogP contribution in [0.15, 0.2) is 24.3 Å². The molecule has 0 heterocycles. The summed E-state index contributed by atoms with van der Waals surface area (Å²) in [5, 5.41) is 15.5. The summed E-state index contributed by atoms with van der Waals surface area (Å²) in [6, 6.07) is 6.85. The first-order valence-electron chi connectivity index (χ1n) is 7.50. The van der Waals surface area contributed by atoms with Gasteiger partial charge in [0.15, 0.2) is 0 Å². The SMILES string of the molecule is CN(CCCNC(=O)N[C@H]1c2ccccc2C[C@H]1O)S(C)(=O)=O. The monoisotopic (exact) mass is 341 g/mol. The molecule has 0 unspecified atom stereocenters. The first-order valence-corrected chi connectivity index (χ1v) is 9.35. The minimum absolute atomic E-state index is 0.341. The van der Waals surface area contributed by atoms with Gasteiger partial charge < -0.3 is 15.7 Å². The Labute approximate surface area is 136 Å². The molecule has 0 spiro atoms. The van der Waals surface area contributed by atoms with Gasteiger partial charge in [0.05, 0.1) is 18.4 Å². The summed E-state index contributed by atoms with van der Waals surface area (Å²) in [5.74, 6) is 0. The number of carbonyl (C=O) groups is 1. The van der Waals surface area contributed by atoms with Crippen LogP contribution in [0.3, 0.4) is 0 Å². The first-order chi connectivity index (χ1) is 10.8. The van der Waals surface area contributed by atoms with E-state index in [9.17, 15) is 18.3 Å². The van der Waals surface area contributed by atoms with Crippen molar-refractivity contribution in [1.82, 2.24) is 14.9 Å². The molecule has 2 atom stereocenters. The zero-order valence-electron chi connectivity index (χ0n) is 13.3. The van der Waals surface area contributed by atoms with Gasteiger partial charge in [-0.15, -0.1) is 0 Å². The number of hydrogen-bond acceptors (Lipinski definition) is 4. The molecule has 0 bridgehead atoms. The Morgan fingerprint density at radius 3 is 2.78 bits per heavy atom. The van der Waals surface area contributed by atoms with Gasteiger partial charge in [-0.25, -0.2) is 17.5 Å². The Morgan fingerprint density at radius 2 is 2.09 bits per heavy atom. The van der Waals surface area contributed by atoms with Crippen LogP contribution < -0.4 is 10.6 Å². The van der Waals surface area contributed by atoms with Crippen molar-refractivity contribution >= 4 is 16.1 Å². The Hall–Kier alpha value is -1.64. The third kappa shape index (κ3) is 4.66. The summed E-state index contributed by atoms with van der Waals surface area (Å²) in [5.41, 5.74) is 1.98. The third-order valence-electron chi connectivity index (χ3n) is 3.99. The van der Waals surface area contributed by atoms with Crippen molar-refractivity contribution in [3.05, 3.63) is 35.4 Å². The molecule has 0 radical (unpaired) electrons. The second-order valence-corrected chi connectivity index (χ2v) is 7.88. The van der Waals surface area contributed by atoms with Gasteiger partial charge in [0, 0.05) is 26.6 Å². The van der Waals surface area contributed by atoms with Crippen molar-refractivity contribution in [3.8, 4) is 0 Å². The minimum atomic E-state index is -3.19. The predicted molar refractivity (Wildman–Crippen MR) is 87.5 cm³/mol. The lowest BCUT2D eigenvalue weighted by atomic mass is 10.1. The van der Waals surface area contributed by atoms with Crippen molar-refractivity contribution in [1.29, 1.82) is 0 Å². The molecule has 0 aliphatic heterocycles. The number of amides is 2. The highest BCUT2D eigenvalue weighted by Crippen LogP contribution is 2.30. The molecule has 2 amide bonds. The van der Waals surface area contributed by atoms with Gasteiger partial charge in [0.2, 0.25) is 10.0 Å². The fourth-order valence-electron chi connectivity index (χ4n) is 2.61. The first kappa shape index (κ1) is 17.7. The lowest BCUT2D eigenvalue weighted by molar-refractivity contribution is 0.142. The van der Waals surface area contributed by atoms with Crippen LogP contribution in [-0.4, -0.2) is 56.4 Å². The van der Waals surface area contributed by atoms with Gasteiger partial charge in [-0.3, -0.25) is 0 Å². The molecule has 7 nitrogen and oxygen atoms in total. The van der Waals surface area contributed by atoms with E-state index in [0.717, 1.165) is 17.4 Å². The van der Waals surface area contributed by atoms with E-state index in [2.05, 4.69) is 10.6 Å². The molecule has 2 rings (SSSR count). The number of benzene rings is 1. The van der Waals surface area contributed by atoms with E-state index >= 15 is 0 Å². The lowest BCUT2D eigenvalue weighted by Crippen LogP contribution is -2.41. The van der Waals surface area contributed by atoms with Gasteiger partial charge in [0.1, 0.15) is 0 Å². The van der Waals surface area contributed by atoms with Crippen LogP contribution in [0.1, 0.15) is 23.6 Å². The quantitative estimate of drug-likeness (QED) is 0.645. The van der Waals surface area contributed by atoms with Crippen molar-refractivity contribution in [2.45, 2.75) is 25.0 Å². The predicted octanol–water partition coefficient (Wildman–Crippen LogP) is 0.225. The summed E-state index contributed by atoms with van der Waals surface area (Å²) in [6.45, 7) is 0.699. The zero-order valence-corrected chi connectivity index (χ0v) is 14.1. The van der Waals surface area contributed by atoms with Crippen LogP contribution in [0.5, 0.6) is 0 Å². The molecule has 0 fully saturated rings. The fourth-order valence-corrected chi connectivity index (χ4v) is 3.07. The largest absolute Gasteiger partial charge is 0.390 e. The van der Waals surface area contributed by atoms with Crippen LogP contribution in [0.4, 0.5) is 4.79 Å². The summed E-state index contributed by atoms with van der Waals surface area (Å²) in [4.78, 5) is 11.9. The molecule has 0 aromatic heterocycles. The maximum atomic E-state index is 11.9. The van der Waals surface area contributed by atoms with Crippen LogP contribution in [-0.2, 0) is 16.4 Å². The number of urea groups is 1. The summed E-state index contributed by atoms with van der Waals surface area (Å²) in [7, 11) is -1.69. The van der Waals surface area contributed by atoms with E-state index in [1.807, 2.05) is 24.3 Å². The number of nitrogens with zero attached hydrogens (tertiary/aromatic N) is 1. The number of sulfonamides is 1. The maximum Gasteiger partial charge on any atom is 0.315 e. The number of aliphatic hydroxyl groups excluding tert-OH is 1. The van der Waals surface area contributed by atoms with E-state index in [0.29, 0.717) is 25.9 Å². The van der Waals surface area contributed by atoms with Crippen molar-refractivity contribution in [2.24, 2.45) is 0 Å². The molecule has 3 N–H and O–H groups in total. The van der Waals surface area contributed by atoms with Crippen LogP contribution >= 0.6 is 0 Å². The maximum absolute atomic E-state index is 11.9. The fraction of sp³-hybridized carbons (Fsp3) is 0.533. The van der Waals surface area contributed by atoms with E-state index in [4.69, 9.17) is 0 Å². The number of carbonyl (C=O) groups excluding carboxylic acids is 1. The minimum Gasteiger partial charge on any atom is -0.390 e. The Balaban J connectivity index is 1.78. The number of hydrogen-bond donors (Lipinski definition) is 3. The van der Waals surface area contributed by atoms with Crippen molar-refractivity contribution in [2.75, 3.05) is 26.4 Å². The average Bonchev–Trinajstić information content (AvgIpc) is 2.78. The van der Waals surface area contributed by atoms with Gasteiger partial charge in [-0.2, -0.15) is 0 Å². The number of aliphatic hydroxyl groups is 1. The Morgan fingerprint density at radius 1 is 1.39 bits per heavy atom. The highest BCUT2D eigenvalue weighted by atomic mass is 32.2. The van der Waals surface area contributed by atoms with E-state index in [1.165, 1.54) is 11.4 Å². The summed E-state index contributed by atoms with van der Waals surface area (Å²) >= 11 is 0. The highest BCUT2D eigenvalue weighted by Gasteiger charge is 2.31. The molecular weight excluding hydrogens is 318 g/mol. The zero-order chi connectivity index (χ0) is 17.0. The molecular formula is C15H23N3O4S. The van der Waals surface area contributed by atoms with Crippen LogP contribution in [0.25, 0.3) is 0 Å². The normalized spacial score (nSPS) is 20.3. The second-order valence-electron chi connectivity index (χ2n) is 5.79. The summed E-state index contributed by atoms with van der Waals surface area (Å²) in [6.07, 6.45) is 1.56. The molecule has 1 aromatic rings. The van der Waals surface area contributed by atoms with Crippen molar-refractivity contribution < 1.29 is 18.3 Å². The van der Waals surface area contributed by atoms with Crippen molar-refractivity contribution in [3.63, 3.8) is 0 Å². The van der Waals surface area contributed by atoms with Gasteiger partial charge >= 0.3 is 6.03 Å². The molecule has 0 saturated heterocycles. The molecule has 8 heteroatoms. The van der Waals surface area contributed by atoms with E-state index < -0.39 is 22.2 Å².